The van der Waals surface area contributed by atoms with E-state index in [1.54, 1.807) is 53.5 Å². The summed E-state index contributed by atoms with van der Waals surface area (Å²) < 4.78 is 44.7. The first-order valence-electron chi connectivity index (χ1n) is 19.8. The van der Waals surface area contributed by atoms with Crippen LogP contribution in [0.4, 0.5) is 0 Å². The van der Waals surface area contributed by atoms with Gasteiger partial charge in [-0.1, -0.05) is 27.7 Å². The minimum absolute atomic E-state index is 0.103. The van der Waals surface area contributed by atoms with Crippen molar-refractivity contribution in [1.29, 1.82) is 0 Å². The van der Waals surface area contributed by atoms with Gasteiger partial charge in [-0.15, -0.1) is 0 Å². The Morgan fingerprint density at radius 1 is 0.855 bits per heavy atom. The van der Waals surface area contributed by atoms with Crippen LogP contribution in [0.2, 0.25) is 0 Å². The summed E-state index contributed by atoms with van der Waals surface area (Å²) in [6.07, 6.45) is -7.40. The minimum atomic E-state index is -1.81. The number of likely N-dealkylation sites (N-methyl/N-ethyl adjacent to an activating group) is 2. The summed E-state index contributed by atoms with van der Waals surface area (Å²) in [6, 6.07) is -0.704. The smallest absolute Gasteiger partial charge is 0.311 e. The topological polar surface area (TPSA) is 183 Å². The maximum atomic E-state index is 14.2. The second-order valence-corrected chi connectivity index (χ2v) is 17.7. The number of rotatable bonds is 8. The molecule has 318 valence electrons. The molecule has 0 aromatic rings. The lowest BCUT2D eigenvalue weighted by molar-refractivity contribution is -0.314. The molecule has 15 nitrogen and oxygen atoms in total. The third-order valence-corrected chi connectivity index (χ3v) is 13.6. The van der Waals surface area contributed by atoms with E-state index < -0.39 is 108 Å². The van der Waals surface area contributed by atoms with Gasteiger partial charge in [0.1, 0.15) is 23.6 Å². The van der Waals surface area contributed by atoms with Crippen LogP contribution in [-0.2, 0) is 47.5 Å². The van der Waals surface area contributed by atoms with Crippen molar-refractivity contribution < 1.29 is 62.9 Å². The van der Waals surface area contributed by atoms with Crippen molar-refractivity contribution in [2.45, 2.75) is 173 Å². The van der Waals surface area contributed by atoms with E-state index >= 15 is 0 Å². The lowest BCUT2D eigenvalue weighted by atomic mass is 9.75. The number of hydrogen-bond acceptors (Lipinski definition) is 14. The van der Waals surface area contributed by atoms with Gasteiger partial charge in [-0.05, 0) is 61.6 Å². The molecule has 0 radical (unpaired) electrons. The van der Waals surface area contributed by atoms with E-state index in [1.165, 1.54) is 21.1 Å². The van der Waals surface area contributed by atoms with Crippen LogP contribution in [0.1, 0.15) is 88.5 Å². The number of ketones is 1. The molecule has 1 amide bonds. The quantitative estimate of drug-likeness (QED) is 0.305. The number of carbonyl (C=O) groups excluding carboxylic acids is 3. The van der Waals surface area contributed by atoms with Gasteiger partial charge >= 0.3 is 5.97 Å². The average molecular weight is 787 g/mol. The monoisotopic (exact) mass is 786 g/mol. The zero-order valence-electron chi connectivity index (χ0n) is 35.7. The molecule has 3 aliphatic heterocycles. The van der Waals surface area contributed by atoms with Crippen LogP contribution in [0.5, 0.6) is 0 Å². The molecule has 4 fully saturated rings. The van der Waals surface area contributed by atoms with Gasteiger partial charge in [-0.2, -0.15) is 0 Å². The van der Waals surface area contributed by atoms with Crippen LogP contribution in [0.15, 0.2) is 0 Å². The summed E-state index contributed by atoms with van der Waals surface area (Å²) in [4.78, 5) is 44.6. The second kappa shape index (κ2) is 17.2. The van der Waals surface area contributed by atoms with E-state index in [4.69, 9.17) is 33.2 Å². The Bertz CT molecular complexity index is 1370. The highest BCUT2D eigenvalue weighted by Crippen LogP contribution is 2.51. The molecule has 0 spiro atoms. The SMILES string of the molecule is CO[C@]1(C)C[C@H](O[C@H]2[C@H](C)[C@@H](O[C@@H]3O[C@H](C)C[C@@H](N(C)C(C)=O)[C@@H]3N(C)C)[C@@](C)(OC)C[C@@H](C)C(=O)[C@H](C)[C@@H](O)[C@@]3(O)C(C)[C@H]3OC(=O)[C@@H]2C)O[C@@H](C)[C@@H]1O. The number of methoxy groups -OCH3 is 2. The Balaban J connectivity index is 1.87. The van der Waals surface area contributed by atoms with Crippen molar-refractivity contribution in [3.63, 3.8) is 0 Å². The minimum Gasteiger partial charge on any atom is -0.458 e. The highest BCUT2D eigenvalue weighted by molar-refractivity contribution is 5.84. The normalized spacial score (nSPS) is 48.8. The number of amides is 1. The Labute approximate surface area is 327 Å². The predicted molar refractivity (Wildman–Crippen MR) is 200 cm³/mol. The van der Waals surface area contributed by atoms with Crippen molar-refractivity contribution in [1.82, 2.24) is 9.80 Å². The van der Waals surface area contributed by atoms with Crippen molar-refractivity contribution in [3.8, 4) is 0 Å². The van der Waals surface area contributed by atoms with Gasteiger partial charge in [0.15, 0.2) is 12.6 Å². The molecule has 4 rings (SSSR count). The molecule has 4 aliphatic rings. The van der Waals surface area contributed by atoms with Crippen molar-refractivity contribution >= 4 is 17.7 Å². The number of esters is 1. The Hall–Kier alpha value is -1.79. The maximum Gasteiger partial charge on any atom is 0.311 e. The zero-order valence-corrected chi connectivity index (χ0v) is 35.7. The fourth-order valence-electron chi connectivity index (χ4n) is 9.51. The summed E-state index contributed by atoms with van der Waals surface area (Å²) >= 11 is 0. The Morgan fingerprint density at radius 3 is 2.00 bits per heavy atom. The molecule has 55 heavy (non-hydrogen) atoms. The number of hydrogen-bond donors (Lipinski definition) is 3. The molecule has 1 saturated carbocycles. The first-order valence-corrected chi connectivity index (χ1v) is 19.8. The van der Waals surface area contributed by atoms with Gasteiger partial charge in [-0.25, -0.2) is 0 Å². The fourth-order valence-corrected chi connectivity index (χ4v) is 9.51. The zero-order chi connectivity index (χ0) is 41.7. The summed E-state index contributed by atoms with van der Waals surface area (Å²) in [5, 5.41) is 34.0. The second-order valence-electron chi connectivity index (χ2n) is 17.7. The molecule has 3 heterocycles. The third-order valence-electron chi connectivity index (χ3n) is 13.6. The van der Waals surface area contributed by atoms with Gasteiger partial charge in [0.2, 0.25) is 5.91 Å². The van der Waals surface area contributed by atoms with Gasteiger partial charge in [-0.3, -0.25) is 19.3 Å². The predicted octanol–water partition coefficient (Wildman–Crippen LogP) is 2.15. The molecule has 0 aromatic heterocycles. The lowest BCUT2D eigenvalue weighted by Gasteiger charge is -2.51. The molecule has 0 aromatic carbocycles. The van der Waals surface area contributed by atoms with E-state index in [0.717, 1.165) is 0 Å². The largest absolute Gasteiger partial charge is 0.458 e. The molecule has 1 aliphatic carbocycles. The molecule has 0 bridgehead atoms. The first kappa shape index (κ1) is 45.9. The molecule has 3 saturated heterocycles. The van der Waals surface area contributed by atoms with Crippen molar-refractivity contribution in [2.75, 3.05) is 35.4 Å². The molecule has 3 N–H and O–H groups in total. The molecular weight excluding hydrogens is 716 g/mol. The summed E-state index contributed by atoms with van der Waals surface area (Å²) in [7, 11) is 8.60. The maximum absolute atomic E-state index is 14.2. The van der Waals surface area contributed by atoms with E-state index in [0.29, 0.717) is 6.42 Å². The fraction of sp³-hybridized carbons (Fsp3) is 0.925. The number of ether oxygens (including phenoxy) is 7. The molecular formula is C40H70N2O13. The van der Waals surface area contributed by atoms with E-state index in [9.17, 15) is 29.7 Å². The summed E-state index contributed by atoms with van der Waals surface area (Å²) in [5.74, 6) is -5.05. The number of aliphatic hydroxyl groups is 3. The number of carbonyl (C=O) groups is 3. The molecule has 15 heteroatoms. The standard InChI is InChI=1S/C40H70N2O13/c1-19-17-39(10,50-15)34(55-37-29(41(11)12)27(16-20(2)51-37)42(13)26(8)43)22(4)31(53-28-18-38(9,49-14)33(46)25(7)52-28)23(5)36(47)54-35-24(6)40(35,48)32(45)21(3)30(19)44/h19-25,27-29,31-35,37,45-46,48H,16-18H2,1-15H3/t19-,20-,21+,22+,23-,24?,25+,27-,28+,29+,31+,32-,33+,34-,35-,37+,38-,39+,40+/m1/s1. The Kier molecular flexibility index (Phi) is 14.4. The Morgan fingerprint density at radius 2 is 1.45 bits per heavy atom. The number of nitrogens with zero attached hydrogens (tertiary/aromatic N) is 2. The van der Waals surface area contributed by atoms with E-state index in [2.05, 4.69) is 0 Å². The van der Waals surface area contributed by atoms with Crippen LogP contribution in [0, 0.1) is 29.6 Å². The highest BCUT2D eigenvalue weighted by Gasteiger charge is 2.70. The summed E-state index contributed by atoms with van der Waals surface area (Å²) in [6.45, 7) is 17.3. The van der Waals surface area contributed by atoms with E-state index in [1.807, 2.05) is 39.8 Å². The molecule has 19 atom stereocenters. The van der Waals surface area contributed by atoms with Crippen LogP contribution in [-0.4, -0.2) is 162 Å². The summed E-state index contributed by atoms with van der Waals surface area (Å²) in [5.41, 5.74) is -4.08. The van der Waals surface area contributed by atoms with E-state index in [-0.39, 0.29) is 36.7 Å². The van der Waals surface area contributed by atoms with Gasteiger partial charge in [0.25, 0.3) is 0 Å². The average Bonchev–Trinajstić information content (AvgIpc) is 3.65. The van der Waals surface area contributed by atoms with Crippen molar-refractivity contribution in [2.24, 2.45) is 29.6 Å². The van der Waals surface area contributed by atoms with Crippen LogP contribution < -0.4 is 0 Å². The number of aliphatic hydroxyl groups excluding tert-OH is 2. The van der Waals surface area contributed by atoms with Gasteiger partial charge in [0.05, 0.1) is 59.7 Å². The van der Waals surface area contributed by atoms with Crippen LogP contribution in [0.3, 0.4) is 0 Å². The highest BCUT2D eigenvalue weighted by atomic mass is 16.7. The third kappa shape index (κ3) is 8.81. The first-order chi connectivity index (χ1) is 25.4. The van der Waals surface area contributed by atoms with Crippen LogP contribution in [0.25, 0.3) is 0 Å². The van der Waals surface area contributed by atoms with Crippen LogP contribution >= 0.6 is 0 Å². The number of fused-ring (bicyclic) bond motifs is 1. The van der Waals surface area contributed by atoms with Gasteiger partial charge < -0.3 is 53.4 Å². The van der Waals surface area contributed by atoms with Gasteiger partial charge in [0, 0.05) is 58.3 Å². The van der Waals surface area contributed by atoms with Crippen molar-refractivity contribution in [3.05, 3.63) is 0 Å². The lowest BCUT2D eigenvalue weighted by Crippen LogP contribution is -2.64. The molecule has 1 unspecified atom stereocenters. The number of Topliss-reactive ketones (excluding diaryl/α,β-unsaturated/α-hetero) is 1.